The predicted octanol–water partition coefficient (Wildman–Crippen LogP) is 5.56. The molecule has 0 aromatic heterocycles. The van der Waals surface area contributed by atoms with Crippen molar-refractivity contribution in [3.63, 3.8) is 0 Å². The van der Waals surface area contributed by atoms with Gasteiger partial charge in [-0.1, -0.05) is 45.2 Å². The average Bonchev–Trinajstić information content (AvgIpc) is 2.26. The van der Waals surface area contributed by atoms with Gasteiger partial charge in [0.25, 0.3) is 0 Å². The lowest BCUT2D eigenvalue weighted by Gasteiger charge is -2.11. The fourth-order valence-corrected chi connectivity index (χ4v) is 2.65. The summed E-state index contributed by atoms with van der Waals surface area (Å²) in [5.74, 6) is 0. The summed E-state index contributed by atoms with van der Waals surface area (Å²) in [5, 5.41) is 7.68. The van der Waals surface area contributed by atoms with Gasteiger partial charge in [-0.15, -0.1) is 0 Å². The number of nitrogens with one attached hydrogen (secondary N) is 2. The van der Waals surface area contributed by atoms with Crippen molar-refractivity contribution in [3.8, 4) is 0 Å². The number of hydrogen-bond acceptors (Lipinski definition) is 1. The highest BCUT2D eigenvalue weighted by Crippen LogP contribution is 2.23. The molecule has 2 rings (SSSR count). The van der Waals surface area contributed by atoms with E-state index in [2.05, 4.69) is 26.6 Å². The van der Waals surface area contributed by atoms with E-state index < -0.39 is 0 Å². The van der Waals surface area contributed by atoms with E-state index in [1.807, 2.05) is 24.3 Å². The summed E-state index contributed by atoms with van der Waals surface area (Å²) >= 11 is 20.5. The summed E-state index contributed by atoms with van der Waals surface area (Å²) < 4.78 is 0.978. The zero-order valence-electron chi connectivity index (χ0n) is 9.58. The topological polar surface area (TPSA) is 24.1 Å². The molecule has 0 aliphatic carbocycles. The Bertz CT molecular complexity index is 599. The molecule has 0 fully saturated rings. The van der Waals surface area contributed by atoms with Crippen LogP contribution >= 0.6 is 51.3 Å². The third-order valence-electron chi connectivity index (χ3n) is 2.20. The number of hydrogen-bond donors (Lipinski definition) is 2. The minimum Gasteiger partial charge on any atom is -0.332 e. The van der Waals surface area contributed by atoms with Crippen LogP contribution in [0.4, 0.5) is 11.4 Å². The summed E-state index contributed by atoms with van der Waals surface area (Å²) in [6, 6.07) is 12.9. The van der Waals surface area contributed by atoms with Gasteiger partial charge in [0.05, 0.1) is 0 Å². The van der Waals surface area contributed by atoms with E-state index in [-0.39, 0.29) is 0 Å². The maximum Gasteiger partial charge on any atom is 0.175 e. The number of rotatable bonds is 2. The zero-order chi connectivity index (χ0) is 13.8. The van der Waals surface area contributed by atoms with Crippen molar-refractivity contribution < 1.29 is 0 Å². The standard InChI is InChI=1S/C13H9BrCl2N2S/c14-8-2-1-3-11(4-8)17-13(19)18-12-6-9(15)5-10(16)7-12/h1-7H,(H2,17,18,19). The molecule has 19 heavy (non-hydrogen) atoms. The molecule has 2 aromatic rings. The predicted molar refractivity (Wildman–Crippen MR) is 90.4 cm³/mol. The molecule has 0 unspecified atom stereocenters. The Labute approximate surface area is 135 Å². The molecule has 6 heteroatoms. The van der Waals surface area contributed by atoms with E-state index in [1.165, 1.54) is 0 Å². The Kier molecular flexibility index (Phi) is 5.05. The molecule has 2 nitrogen and oxygen atoms in total. The van der Waals surface area contributed by atoms with Gasteiger partial charge < -0.3 is 10.6 Å². The molecule has 0 bridgehead atoms. The van der Waals surface area contributed by atoms with Crippen LogP contribution in [-0.2, 0) is 0 Å². The lowest BCUT2D eigenvalue weighted by Crippen LogP contribution is -2.18. The summed E-state index contributed by atoms with van der Waals surface area (Å²) in [7, 11) is 0. The largest absolute Gasteiger partial charge is 0.332 e. The van der Waals surface area contributed by atoms with Gasteiger partial charge >= 0.3 is 0 Å². The Morgan fingerprint density at radius 2 is 1.58 bits per heavy atom. The maximum atomic E-state index is 5.92. The summed E-state index contributed by atoms with van der Waals surface area (Å²) in [6.07, 6.45) is 0. The highest BCUT2D eigenvalue weighted by Gasteiger charge is 2.02. The van der Waals surface area contributed by atoms with E-state index in [9.17, 15) is 0 Å². The average molecular weight is 376 g/mol. The van der Waals surface area contributed by atoms with E-state index >= 15 is 0 Å². The lowest BCUT2D eigenvalue weighted by atomic mass is 10.3. The second-order valence-electron chi connectivity index (χ2n) is 3.75. The van der Waals surface area contributed by atoms with Crippen LogP contribution in [0.1, 0.15) is 0 Å². The van der Waals surface area contributed by atoms with Crippen LogP contribution in [0, 0.1) is 0 Å². The lowest BCUT2D eigenvalue weighted by molar-refractivity contribution is 1.58. The molecule has 0 atom stereocenters. The Morgan fingerprint density at radius 1 is 0.947 bits per heavy atom. The first-order chi connectivity index (χ1) is 9.02. The van der Waals surface area contributed by atoms with Crippen molar-refractivity contribution >= 4 is 67.8 Å². The molecule has 2 N–H and O–H groups in total. The van der Waals surface area contributed by atoms with Crippen LogP contribution in [0.3, 0.4) is 0 Å². The second kappa shape index (κ2) is 6.57. The SMILES string of the molecule is S=C(Nc1cc(Cl)cc(Cl)c1)Nc1cccc(Br)c1. The molecule has 2 aromatic carbocycles. The number of benzene rings is 2. The normalized spacial score (nSPS) is 10.1. The second-order valence-corrected chi connectivity index (χ2v) is 5.94. The summed E-state index contributed by atoms with van der Waals surface area (Å²) in [4.78, 5) is 0. The molecular formula is C13H9BrCl2N2S. The van der Waals surface area contributed by atoms with E-state index in [0.717, 1.165) is 15.8 Å². The Hall–Kier alpha value is -0.810. The van der Waals surface area contributed by atoms with Crippen LogP contribution in [0.15, 0.2) is 46.9 Å². The summed E-state index contributed by atoms with van der Waals surface area (Å²) in [6.45, 7) is 0. The molecule has 0 spiro atoms. The first kappa shape index (κ1) is 14.6. The van der Waals surface area contributed by atoms with Crippen LogP contribution < -0.4 is 10.6 Å². The molecule has 0 aliphatic heterocycles. The van der Waals surface area contributed by atoms with Crippen LogP contribution in [0.5, 0.6) is 0 Å². The van der Waals surface area contributed by atoms with Gasteiger partial charge in [0.2, 0.25) is 0 Å². The van der Waals surface area contributed by atoms with Crippen molar-refractivity contribution in [2.75, 3.05) is 10.6 Å². The quantitative estimate of drug-likeness (QED) is 0.671. The van der Waals surface area contributed by atoms with Gasteiger partial charge in [-0.2, -0.15) is 0 Å². The smallest absolute Gasteiger partial charge is 0.175 e. The number of thiocarbonyl (C=S) groups is 1. The van der Waals surface area contributed by atoms with Gasteiger partial charge in [-0.3, -0.25) is 0 Å². The minimum atomic E-state index is 0.469. The van der Waals surface area contributed by atoms with Gasteiger partial charge in [0.1, 0.15) is 0 Å². The van der Waals surface area contributed by atoms with E-state index in [1.54, 1.807) is 18.2 Å². The molecule has 0 radical (unpaired) electrons. The van der Waals surface area contributed by atoms with Gasteiger partial charge in [-0.05, 0) is 48.6 Å². The van der Waals surface area contributed by atoms with E-state index in [0.29, 0.717) is 15.2 Å². The Balaban J connectivity index is 2.05. The van der Waals surface area contributed by atoms with Gasteiger partial charge in [-0.25, -0.2) is 0 Å². The number of anilines is 2. The van der Waals surface area contributed by atoms with Crippen molar-refractivity contribution in [2.45, 2.75) is 0 Å². The monoisotopic (exact) mass is 374 g/mol. The molecule has 0 saturated carbocycles. The van der Waals surface area contributed by atoms with Crippen LogP contribution in [-0.4, -0.2) is 5.11 Å². The third kappa shape index (κ3) is 4.66. The van der Waals surface area contributed by atoms with Crippen molar-refractivity contribution in [1.82, 2.24) is 0 Å². The highest BCUT2D eigenvalue weighted by atomic mass is 79.9. The molecule has 0 amide bonds. The Morgan fingerprint density at radius 3 is 2.21 bits per heavy atom. The molecule has 0 saturated heterocycles. The minimum absolute atomic E-state index is 0.469. The maximum absolute atomic E-state index is 5.92. The first-order valence-corrected chi connectivity index (χ1v) is 7.28. The third-order valence-corrected chi connectivity index (χ3v) is 3.34. The fraction of sp³-hybridized carbons (Fsp3) is 0. The van der Waals surface area contributed by atoms with Crippen molar-refractivity contribution in [3.05, 3.63) is 57.0 Å². The molecular weight excluding hydrogens is 367 g/mol. The zero-order valence-corrected chi connectivity index (χ0v) is 13.5. The summed E-state index contributed by atoms with van der Waals surface area (Å²) in [5.41, 5.74) is 1.63. The van der Waals surface area contributed by atoms with E-state index in [4.69, 9.17) is 35.4 Å². The highest BCUT2D eigenvalue weighted by molar-refractivity contribution is 9.10. The molecule has 98 valence electrons. The van der Waals surface area contributed by atoms with Crippen molar-refractivity contribution in [1.29, 1.82) is 0 Å². The molecule has 0 heterocycles. The fourth-order valence-electron chi connectivity index (χ4n) is 1.49. The van der Waals surface area contributed by atoms with Crippen LogP contribution in [0.2, 0.25) is 10.0 Å². The van der Waals surface area contributed by atoms with Crippen molar-refractivity contribution in [2.24, 2.45) is 0 Å². The molecule has 0 aliphatic rings. The van der Waals surface area contributed by atoms with Gasteiger partial charge in [0, 0.05) is 25.9 Å². The first-order valence-electron chi connectivity index (χ1n) is 5.32. The number of halogens is 3. The van der Waals surface area contributed by atoms with Gasteiger partial charge in [0.15, 0.2) is 5.11 Å². The van der Waals surface area contributed by atoms with Crippen LogP contribution in [0.25, 0.3) is 0 Å².